The second kappa shape index (κ2) is 5.10. The third kappa shape index (κ3) is 2.53. The topological polar surface area (TPSA) is 40.5 Å². The fourth-order valence-electron chi connectivity index (χ4n) is 4.28. The summed E-state index contributed by atoms with van der Waals surface area (Å²) >= 11 is 0. The lowest BCUT2D eigenvalue weighted by atomic mass is 9.95. The van der Waals surface area contributed by atoms with E-state index in [1.807, 2.05) is 6.92 Å². The molecule has 2 heteroatoms. The van der Waals surface area contributed by atoms with Crippen LogP contribution in [0.1, 0.15) is 53.4 Å². The van der Waals surface area contributed by atoms with Gasteiger partial charge in [0, 0.05) is 0 Å². The van der Waals surface area contributed by atoms with Gasteiger partial charge < -0.3 is 10.2 Å². The van der Waals surface area contributed by atoms with Crippen LogP contribution >= 0.6 is 0 Å². The van der Waals surface area contributed by atoms with E-state index in [1.165, 1.54) is 11.1 Å². The Kier molecular flexibility index (Phi) is 3.66. The van der Waals surface area contributed by atoms with Crippen molar-refractivity contribution in [1.29, 1.82) is 0 Å². The smallest absolute Gasteiger partial charge is 0.0964 e. The maximum atomic E-state index is 10.7. The van der Waals surface area contributed by atoms with Crippen molar-refractivity contribution in [2.75, 3.05) is 0 Å². The van der Waals surface area contributed by atoms with Crippen LogP contribution < -0.4 is 0 Å². The highest BCUT2D eigenvalue weighted by atomic mass is 16.3. The van der Waals surface area contributed by atoms with Gasteiger partial charge in [-0.15, -0.1) is 0 Å². The Morgan fingerprint density at radius 3 is 2.52 bits per heavy atom. The van der Waals surface area contributed by atoms with Crippen LogP contribution in [-0.2, 0) is 0 Å². The summed E-state index contributed by atoms with van der Waals surface area (Å²) in [6.45, 7) is 8.64. The highest BCUT2D eigenvalue weighted by Crippen LogP contribution is 2.62. The van der Waals surface area contributed by atoms with Gasteiger partial charge in [-0.1, -0.05) is 26.0 Å². The highest BCUT2D eigenvalue weighted by molar-refractivity contribution is 5.39. The van der Waals surface area contributed by atoms with E-state index in [0.29, 0.717) is 11.8 Å². The number of aliphatic hydroxyl groups excluding tert-OH is 2. The standard InChI is InChI=1S/C19H28O2/c1-11-8-13-6-5-7-14(13)18(21)12(2)9-15-16(10-17(11)20)19(15,3)4/h8-9,15-18,20-21H,5-7,10H2,1-4H3/b11-8+,12-9+/t15-,16+,17-,18-/m1/s1. The molecule has 0 amide bonds. The molecule has 4 atom stereocenters. The third-order valence-corrected chi connectivity index (χ3v) is 6.05. The molecular weight excluding hydrogens is 260 g/mol. The monoisotopic (exact) mass is 288 g/mol. The Balaban J connectivity index is 2.02. The Hall–Kier alpha value is -0.860. The van der Waals surface area contributed by atoms with Crippen LogP contribution in [0.4, 0.5) is 0 Å². The zero-order chi connectivity index (χ0) is 15.4. The van der Waals surface area contributed by atoms with Crippen LogP contribution in [0.5, 0.6) is 0 Å². The normalized spacial score (nSPS) is 43.9. The van der Waals surface area contributed by atoms with E-state index in [-0.39, 0.29) is 11.5 Å². The largest absolute Gasteiger partial charge is 0.389 e. The summed E-state index contributed by atoms with van der Waals surface area (Å²) in [4.78, 5) is 0. The van der Waals surface area contributed by atoms with Crippen molar-refractivity contribution >= 4 is 0 Å². The first-order chi connectivity index (χ1) is 9.82. The summed E-state index contributed by atoms with van der Waals surface area (Å²) in [5, 5.41) is 21.2. The molecule has 0 aromatic heterocycles. The molecule has 2 nitrogen and oxygen atoms in total. The van der Waals surface area contributed by atoms with Gasteiger partial charge in [0.2, 0.25) is 0 Å². The molecule has 2 N–H and O–H groups in total. The van der Waals surface area contributed by atoms with Crippen molar-refractivity contribution in [2.24, 2.45) is 17.3 Å². The number of allylic oxidation sites excluding steroid dienone is 3. The number of aliphatic hydroxyl groups is 2. The maximum absolute atomic E-state index is 10.7. The highest BCUT2D eigenvalue weighted by Gasteiger charge is 2.56. The summed E-state index contributed by atoms with van der Waals surface area (Å²) in [6.07, 6.45) is 7.59. The van der Waals surface area contributed by atoms with Crippen LogP contribution in [0.25, 0.3) is 0 Å². The molecule has 0 aromatic carbocycles. The van der Waals surface area contributed by atoms with E-state index in [2.05, 4.69) is 32.9 Å². The molecule has 0 bridgehead atoms. The van der Waals surface area contributed by atoms with E-state index in [4.69, 9.17) is 0 Å². The molecule has 21 heavy (non-hydrogen) atoms. The first-order valence-electron chi connectivity index (χ1n) is 8.27. The Morgan fingerprint density at radius 2 is 1.81 bits per heavy atom. The molecule has 0 aromatic rings. The van der Waals surface area contributed by atoms with Crippen LogP contribution in [0.3, 0.4) is 0 Å². The van der Waals surface area contributed by atoms with Gasteiger partial charge in [-0.3, -0.25) is 0 Å². The molecule has 0 saturated heterocycles. The van der Waals surface area contributed by atoms with Crippen molar-refractivity contribution in [1.82, 2.24) is 0 Å². The fourth-order valence-corrected chi connectivity index (χ4v) is 4.28. The summed E-state index contributed by atoms with van der Waals surface area (Å²) in [7, 11) is 0. The van der Waals surface area contributed by atoms with E-state index in [1.54, 1.807) is 0 Å². The average Bonchev–Trinajstić information content (AvgIpc) is 2.80. The summed E-state index contributed by atoms with van der Waals surface area (Å²) in [6, 6.07) is 0. The van der Waals surface area contributed by atoms with Gasteiger partial charge in [0.15, 0.2) is 0 Å². The zero-order valence-corrected chi connectivity index (χ0v) is 13.7. The Labute approximate surface area is 128 Å². The number of fused-ring (bicyclic) bond motifs is 1. The third-order valence-electron chi connectivity index (χ3n) is 6.05. The quantitative estimate of drug-likeness (QED) is 0.666. The van der Waals surface area contributed by atoms with E-state index < -0.39 is 6.10 Å². The fraction of sp³-hybridized carbons (Fsp3) is 0.684. The minimum absolute atomic E-state index is 0.244. The molecular formula is C19H28O2. The predicted molar refractivity (Wildman–Crippen MR) is 85.8 cm³/mol. The van der Waals surface area contributed by atoms with Crippen LogP contribution in [-0.4, -0.2) is 22.4 Å². The summed E-state index contributed by atoms with van der Waals surface area (Å²) in [5.41, 5.74) is 4.81. The molecule has 0 spiro atoms. The van der Waals surface area contributed by atoms with Crippen molar-refractivity contribution in [3.8, 4) is 0 Å². The van der Waals surface area contributed by atoms with Crippen molar-refractivity contribution < 1.29 is 10.2 Å². The second-order valence-electron chi connectivity index (χ2n) is 7.81. The summed E-state index contributed by atoms with van der Waals surface area (Å²) in [5.74, 6) is 1.00. The molecule has 0 aliphatic heterocycles. The van der Waals surface area contributed by atoms with E-state index in [9.17, 15) is 10.2 Å². The lowest BCUT2D eigenvalue weighted by Crippen LogP contribution is -2.13. The maximum Gasteiger partial charge on any atom is 0.0964 e. The first kappa shape index (κ1) is 15.1. The molecule has 1 saturated carbocycles. The molecule has 0 radical (unpaired) electrons. The van der Waals surface area contributed by atoms with Crippen LogP contribution in [0.2, 0.25) is 0 Å². The van der Waals surface area contributed by atoms with E-state index >= 15 is 0 Å². The molecule has 3 aliphatic carbocycles. The predicted octanol–water partition coefficient (Wildman–Crippen LogP) is 3.76. The van der Waals surface area contributed by atoms with Gasteiger partial charge in [-0.25, -0.2) is 0 Å². The molecule has 116 valence electrons. The van der Waals surface area contributed by atoms with Crippen LogP contribution in [0.15, 0.2) is 34.4 Å². The number of rotatable bonds is 0. The number of hydrogen-bond acceptors (Lipinski definition) is 2. The number of hydrogen-bond donors (Lipinski definition) is 2. The van der Waals surface area contributed by atoms with E-state index in [0.717, 1.165) is 36.8 Å². The van der Waals surface area contributed by atoms with Crippen molar-refractivity contribution in [3.05, 3.63) is 34.4 Å². The van der Waals surface area contributed by atoms with Gasteiger partial charge in [0.25, 0.3) is 0 Å². The van der Waals surface area contributed by atoms with Gasteiger partial charge in [0.1, 0.15) is 0 Å². The molecule has 0 unspecified atom stereocenters. The van der Waals surface area contributed by atoms with Crippen LogP contribution in [0, 0.1) is 17.3 Å². The van der Waals surface area contributed by atoms with Gasteiger partial charge in [-0.05, 0) is 79.1 Å². The Morgan fingerprint density at radius 1 is 1.10 bits per heavy atom. The SMILES string of the molecule is C/C1=C\C2=C(CCC2)[C@H](O)/C(C)=C/[C@@H]2[C@H](C[C@H]1O)C2(C)C. The lowest BCUT2D eigenvalue weighted by molar-refractivity contribution is 0.186. The lowest BCUT2D eigenvalue weighted by Gasteiger charge is -2.16. The van der Waals surface area contributed by atoms with Crippen molar-refractivity contribution in [2.45, 2.75) is 65.6 Å². The van der Waals surface area contributed by atoms with Gasteiger partial charge in [-0.2, -0.15) is 0 Å². The summed E-state index contributed by atoms with van der Waals surface area (Å²) < 4.78 is 0. The molecule has 3 rings (SSSR count). The second-order valence-corrected chi connectivity index (χ2v) is 7.81. The minimum Gasteiger partial charge on any atom is -0.389 e. The van der Waals surface area contributed by atoms with Crippen molar-refractivity contribution in [3.63, 3.8) is 0 Å². The van der Waals surface area contributed by atoms with Gasteiger partial charge >= 0.3 is 0 Å². The average molecular weight is 288 g/mol. The Bertz CT molecular complexity index is 536. The molecule has 3 aliphatic rings. The molecule has 0 heterocycles. The zero-order valence-electron chi connectivity index (χ0n) is 13.7. The first-order valence-corrected chi connectivity index (χ1v) is 8.27. The minimum atomic E-state index is -0.432. The van der Waals surface area contributed by atoms with Gasteiger partial charge in [0.05, 0.1) is 12.2 Å². The molecule has 1 fully saturated rings.